The fourth-order valence-electron chi connectivity index (χ4n) is 1.03. The Bertz CT molecular complexity index is 226. The van der Waals surface area contributed by atoms with E-state index < -0.39 is 0 Å². The van der Waals surface area contributed by atoms with Crippen LogP contribution in [0.5, 0.6) is 0 Å². The monoisotopic (exact) mass is 212 g/mol. The first kappa shape index (κ1) is 14.2. The Morgan fingerprint density at radius 2 is 1.67 bits per heavy atom. The number of esters is 1. The molecule has 0 aliphatic rings. The molecular formula is C13H24O2. The highest BCUT2D eigenvalue weighted by Gasteiger charge is 2.15. The van der Waals surface area contributed by atoms with Gasteiger partial charge in [0.1, 0.15) is 5.60 Å². The van der Waals surface area contributed by atoms with E-state index in [0.29, 0.717) is 6.42 Å². The Balaban J connectivity index is 3.79. The summed E-state index contributed by atoms with van der Waals surface area (Å²) in [4.78, 5) is 11.3. The predicted molar refractivity (Wildman–Crippen MR) is 63.7 cm³/mol. The summed E-state index contributed by atoms with van der Waals surface area (Å²) in [6.45, 7) is 12.1. The van der Waals surface area contributed by atoms with E-state index in [1.807, 2.05) is 26.8 Å². The molecule has 0 aromatic heterocycles. The molecule has 88 valence electrons. The standard InChI is InChI=1S/C13H24O2/c1-12(2,3)10-8-7-9-11(14)15-13(4,5)6/h8,10H,7,9H2,1-6H3/b10-8-. The van der Waals surface area contributed by atoms with Crippen molar-refractivity contribution in [1.82, 2.24) is 0 Å². The van der Waals surface area contributed by atoms with E-state index in [9.17, 15) is 4.79 Å². The molecular weight excluding hydrogens is 188 g/mol. The topological polar surface area (TPSA) is 26.3 Å². The molecule has 0 N–H and O–H groups in total. The minimum atomic E-state index is -0.370. The van der Waals surface area contributed by atoms with Crippen LogP contribution in [0, 0.1) is 5.41 Å². The third-order valence-corrected chi connectivity index (χ3v) is 1.55. The van der Waals surface area contributed by atoms with Crippen molar-refractivity contribution in [2.45, 2.75) is 60.0 Å². The van der Waals surface area contributed by atoms with E-state index in [1.54, 1.807) is 0 Å². The van der Waals surface area contributed by atoms with Crippen molar-refractivity contribution < 1.29 is 9.53 Å². The Labute approximate surface area is 93.7 Å². The highest BCUT2D eigenvalue weighted by atomic mass is 16.6. The SMILES string of the molecule is CC(C)(C)/C=C\CCC(=O)OC(C)(C)C. The van der Waals surface area contributed by atoms with Gasteiger partial charge < -0.3 is 4.74 Å². The Hall–Kier alpha value is -0.790. The summed E-state index contributed by atoms with van der Waals surface area (Å²) in [7, 11) is 0. The number of hydrogen-bond donors (Lipinski definition) is 0. The second-order valence-electron chi connectivity index (χ2n) is 5.89. The first-order chi connectivity index (χ1) is 6.60. The van der Waals surface area contributed by atoms with Crippen LogP contribution >= 0.6 is 0 Å². The van der Waals surface area contributed by atoms with Crippen molar-refractivity contribution >= 4 is 5.97 Å². The first-order valence-corrected chi connectivity index (χ1v) is 5.50. The molecule has 0 atom stereocenters. The summed E-state index contributed by atoms with van der Waals surface area (Å²) in [5.41, 5.74) is -0.182. The fourth-order valence-corrected chi connectivity index (χ4v) is 1.03. The second kappa shape index (κ2) is 5.34. The minimum Gasteiger partial charge on any atom is -0.460 e. The van der Waals surface area contributed by atoms with E-state index >= 15 is 0 Å². The Kier molecular flexibility index (Phi) is 5.06. The van der Waals surface area contributed by atoms with Gasteiger partial charge in [0.05, 0.1) is 0 Å². The van der Waals surface area contributed by atoms with Crippen LogP contribution in [0.4, 0.5) is 0 Å². The highest BCUT2D eigenvalue weighted by Crippen LogP contribution is 2.15. The van der Waals surface area contributed by atoms with Gasteiger partial charge in [-0.25, -0.2) is 0 Å². The Morgan fingerprint density at radius 3 is 2.07 bits per heavy atom. The molecule has 2 nitrogen and oxygen atoms in total. The molecule has 0 aromatic carbocycles. The van der Waals surface area contributed by atoms with Gasteiger partial charge in [0, 0.05) is 6.42 Å². The zero-order valence-electron chi connectivity index (χ0n) is 10.9. The number of allylic oxidation sites excluding steroid dienone is 2. The van der Waals surface area contributed by atoms with E-state index in [0.717, 1.165) is 6.42 Å². The number of rotatable bonds is 3. The number of carbonyl (C=O) groups is 1. The van der Waals surface area contributed by atoms with Crippen molar-refractivity contribution in [2.24, 2.45) is 5.41 Å². The molecule has 15 heavy (non-hydrogen) atoms. The maximum atomic E-state index is 11.3. The minimum absolute atomic E-state index is 0.124. The largest absolute Gasteiger partial charge is 0.460 e. The van der Waals surface area contributed by atoms with Crippen molar-refractivity contribution in [1.29, 1.82) is 0 Å². The summed E-state index contributed by atoms with van der Waals surface area (Å²) in [5, 5.41) is 0. The molecule has 0 amide bonds. The molecule has 0 saturated carbocycles. The molecule has 0 bridgehead atoms. The van der Waals surface area contributed by atoms with Crippen LogP contribution in [-0.2, 0) is 9.53 Å². The molecule has 0 fully saturated rings. The van der Waals surface area contributed by atoms with Gasteiger partial charge in [0.25, 0.3) is 0 Å². The molecule has 0 aromatic rings. The Morgan fingerprint density at radius 1 is 1.13 bits per heavy atom. The maximum absolute atomic E-state index is 11.3. The number of carbonyl (C=O) groups excluding carboxylic acids is 1. The summed E-state index contributed by atoms with van der Waals surface area (Å²) >= 11 is 0. The average Bonchev–Trinajstić information content (AvgIpc) is 1.92. The normalized spacial score (nSPS) is 13.2. The summed E-state index contributed by atoms with van der Waals surface area (Å²) in [5.74, 6) is -0.124. The molecule has 0 rings (SSSR count). The van der Waals surface area contributed by atoms with Crippen LogP contribution in [-0.4, -0.2) is 11.6 Å². The number of ether oxygens (including phenoxy) is 1. The molecule has 0 radical (unpaired) electrons. The van der Waals surface area contributed by atoms with Crippen molar-refractivity contribution in [2.75, 3.05) is 0 Å². The van der Waals surface area contributed by atoms with Crippen LogP contribution in [0.25, 0.3) is 0 Å². The first-order valence-electron chi connectivity index (χ1n) is 5.50. The summed E-state index contributed by atoms with van der Waals surface area (Å²) < 4.78 is 5.20. The van der Waals surface area contributed by atoms with Crippen LogP contribution in [0.15, 0.2) is 12.2 Å². The molecule has 0 unspecified atom stereocenters. The van der Waals surface area contributed by atoms with Gasteiger partial charge in [-0.2, -0.15) is 0 Å². The quantitative estimate of drug-likeness (QED) is 0.526. The van der Waals surface area contributed by atoms with Crippen LogP contribution in [0.1, 0.15) is 54.4 Å². The van der Waals surface area contributed by atoms with Crippen LogP contribution in [0.3, 0.4) is 0 Å². The predicted octanol–water partition coefficient (Wildman–Crippen LogP) is 3.71. The smallest absolute Gasteiger partial charge is 0.306 e. The molecule has 0 heterocycles. The molecule has 0 aliphatic heterocycles. The zero-order valence-corrected chi connectivity index (χ0v) is 10.9. The highest BCUT2D eigenvalue weighted by molar-refractivity contribution is 5.69. The van der Waals surface area contributed by atoms with Gasteiger partial charge in [0.2, 0.25) is 0 Å². The summed E-state index contributed by atoms with van der Waals surface area (Å²) in [6, 6.07) is 0. The van der Waals surface area contributed by atoms with Crippen molar-refractivity contribution in [3.63, 3.8) is 0 Å². The third-order valence-electron chi connectivity index (χ3n) is 1.55. The van der Waals surface area contributed by atoms with E-state index in [4.69, 9.17) is 4.74 Å². The van der Waals surface area contributed by atoms with Crippen LogP contribution in [0.2, 0.25) is 0 Å². The third kappa shape index (κ3) is 11.1. The molecule has 0 spiro atoms. The lowest BCUT2D eigenvalue weighted by Gasteiger charge is -2.19. The second-order valence-corrected chi connectivity index (χ2v) is 5.89. The average molecular weight is 212 g/mol. The van der Waals surface area contributed by atoms with Gasteiger partial charge in [-0.3, -0.25) is 4.79 Å². The molecule has 0 aliphatic carbocycles. The zero-order chi connectivity index (χ0) is 12.1. The van der Waals surface area contributed by atoms with E-state index in [1.165, 1.54) is 0 Å². The van der Waals surface area contributed by atoms with E-state index in [-0.39, 0.29) is 17.0 Å². The lowest BCUT2D eigenvalue weighted by Crippen LogP contribution is -2.23. The van der Waals surface area contributed by atoms with Gasteiger partial charge in [-0.05, 0) is 32.6 Å². The molecule has 2 heteroatoms. The number of hydrogen-bond acceptors (Lipinski definition) is 2. The van der Waals surface area contributed by atoms with E-state index in [2.05, 4.69) is 26.8 Å². The van der Waals surface area contributed by atoms with Gasteiger partial charge >= 0.3 is 5.97 Å². The molecule has 0 saturated heterocycles. The lowest BCUT2D eigenvalue weighted by atomic mass is 9.96. The fraction of sp³-hybridized carbons (Fsp3) is 0.769. The van der Waals surface area contributed by atoms with Gasteiger partial charge in [-0.15, -0.1) is 0 Å². The van der Waals surface area contributed by atoms with Gasteiger partial charge in [-0.1, -0.05) is 32.9 Å². The van der Waals surface area contributed by atoms with Crippen LogP contribution < -0.4 is 0 Å². The van der Waals surface area contributed by atoms with Crippen molar-refractivity contribution in [3.05, 3.63) is 12.2 Å². The van der Waals surface area contributed by atoms with Crippen molar-refractivity contribution in [3.8, 4) is 0 Å². The summed E-state index contributed by atoms with van der Waals surface area (Å²) in [6.07, 6.45) is 5.39. The maximum Gasteiger partial charge on any atom is 0.306 e. The lowest BCUT2D eigenvalue weighted by molar-refractivity contribution is -0.154. The van der Waals surface area contributed by atoms with Gasteiger partial charge in [0.15, 0.2) is 0 Å².